The van der Waals surface area contributed by atoms with Gasteiger partial charge in [0.1, 0.15) is 0 Å². The summed E-state index contributed by atoms with van der Waals surface area (Å²) in [4.78, 5) is 0. The van der Waals surface area contributed by atoms with Crippen molar-refractivity contribution in [2.45, 2.75) is 70.3 Å². The molecule has 1 N–H and O–H groups in total. The van der Waals surface area contributed by atoms with E-state index >= 15 is 0 Å². The Hall–Kier alpha value is -0.920. The molecule has 0 aromatic rings. The number of hydrogen-bond donors (Lipinski definition) is 1. The second kappa shape index (κ2) is 5.81. The number of rotatable bonds is 2. The summed E-state index contributed by atoms with van der Waals surface area (Å²) in [6.07, 6.45) is 20.9. The van der Waals surface area contributed by atoms with Crippen molar-refractivity contribution in [1.29, 1.82) is 0 Å². The van der Waals surface area contributed by atoms with Crippen molar-refractivity contribution in [1.82, 2.24) is 10.4 Å². The van der Waals surface area contributed by atoms with E-state index in [9.17, 15) is 0 Å². The molecule has 18 heavy (non-hydrogen) atoms. The molecule has 0 amide bonds. The summed E-state index contributed by atoms with van der Waals surface area (Å²) in [6.45, 7) is 0. The van der Waals surface area contributed by atoms with E-state index in [4.69, 9.17) is 0 Å². The fourth-order valence-electron chi connectivity index (χ4n) is 3.68. The predicted molar refractivity (Wildman–Crippen MR) is 75.6 cm³/mol. The molecule has 1 aliphatic heterocycles. The minimum Gasteiger partial charge on any atom is -0.306 e. The van der Waals surface area contributed by atoms with Crippen LogP contribution < -0.4 is 5.43 Å². The lowest BCUT2D eigenvalue weighted by molar-refractivity contribution is 0.175. The Morgan fingerprint density at radius 1 is 0.889 bits per heavy atom. The van der Waals surface area contributed by atoms with Crippen LogP contribution in [0.15, 0.2) is 24.0 Å². The van der Waals surface area contributed by atoms with Crippen LogP contribution >= 0.6 is 0 Å². The van der Waals surface area contributed by atoms with Gasteiger partial charge < -0.3 is 5.43 Å². The van der Waals surface area contributed by atoms with Crippen LogP contribution in [0.4, 0.5) is 0 Å². The topological polar surface area (TPSA) is 15.3 Å². The van der Waals surface area contributed by atoms with E-state index in [1.807, 2.05) is 0 Å². The molecule has 0 unspecified atom stereocenters. The smallest absolute Gasteiger partial charge is 0.0497 e. The summed E-state index contributed by atoms with van der Waals surface area (Å²) in [7, 11) is 0. The highest BCUT2D eigenvalue weighted by Crippen LogP contribution is 2.31. The normalized spacial score (nSPS) is 26.9. The average molecular weight is 246 g/mol. The molecule has 0 radical (unpaired) electrons. The molecule has 2 aliphatic carbocycles. The van der Waals surface area contributed by atoms with E-state index in [1.165, 1.54) is 69.8 Å². The maximum atomic E-state index is 3.52. The molecule has 2 fully saturated rings. The first-order chi connectivity index (χ1) is 8.93. The zero-order valence-electron chi connectivity index (χ0n) is 11.4. The van der Waals surface area contributed by atoms with Gasteiger partial charge in [0.05, 0.1) is 0 Å². The third-order valence-corrected chi connectivity index (χ3v) is 4.85. The van der Waals surface area contributed by atoms with Gasteiger partial charge in [-0.05, 0) is 43.3 Å². The minimum atomic E-state index is 0.721. The summed E-state index contributed by atoms with van der Waals surface area (Å²) in [5, 5.41) is 2.34. The highest BCUT2D eigenvalue weighted by atomic mass is 15.5. The van der Waals surface area contributed by atoms with Gasteiger partial charge >= 0.3 is 0 Å². The second-order valence-corrected chi connectivity index (χ2v) is 6.12. The standard InChI is InChI=1S/C16H26N2/c1-3-7-14(8-4-1)15-11-12-18(17-13-15)16-9-5-2-6-10-16/h11-14,16-17H,1-10H2. The molecule has 100 valence electrons. The number of nitrogens with zero attached hydrogens (tertiary/aromatic N) is 1. The van der Waals surface area contributed by atoms with Crippen molar-refractivity contribution in [3.63, 3.8) is 0 Å². The molecular weight excluding hydrogens is 220 g/mol. The van der Waals surface area contributed by atoms with Crippen molar-refractivity contribution in [2.24, 2.45) is 5.92 Å². The first-order valence-corrected chi connectivity index (χ1v) is 7.86. The van der Waals surface area contributed by atoms with Gasteiger partial charge in [0.25, 0.3) is 0 Å². The van der Waals surface area contributed by atoms with Gasteiger partial charge in [-0.1, -0.05) is 38.5 Å². The molecule has 3 aliphatic rings. The lowest BCUT2D eigenvalue weighted by atomic mass is 9.84. The van der Waals surface area contributed by atoms with Gasteiger partial charge in [-0.3, -0.25) is 5.01 Å². The first kappa shape index (κ1) is 12.1. The Kier molecular flexibility index (Phi) is 3.92. The maximum Gasteiger partial charge on any atom is 0.0497 e. The first-order valence-electron chi connectivity index (χ1n) is 7.86. The number of nitrogens with one attached hydrogen (secondary N) is 1. The highest BCUT2D eigenvalue weighted by Gasteiger charge is 2.22. The Morgan fingerprint density at radius 3 is 2.17 bits per heavy atom. The zero-order chi connectivity index (χ0) is 12.2. The van der Waals surface area contributed by atoms with E-state index in [0.717, 1.165) is 12.0 Å². The van der Waals surface area contributed by atoms with Crippen molar-refractivity contribution in [3.8, 4) is 0 Å². The molecule has 0 aromatic carbocycles. The Balaban J connectivity index is 1.55. The van der Waals surface area contributed by atoms with Crippen LogP contribution in [0.25, 0.3) is 0 Å². The molecule has 2 nitrogen and oxygen atoms in total. The predicted octanol–water partition coefficient (Wildman–Crippen LogP) is 4.12. The van der Waals surface area contributed by atoms with Gasteiger partial charge in [0.15, 0.2) is 0 Å². The van der Waals surface area contributed by atoms with Crippen LogP contribution in [0.3, 0.4) is 0 Å². The zero-order valence-corrected chi connectivity index (χ0v) is 11.4. The average Bonchev–Trinajstić information content (AvgIpc) is 2.49. The second-order valence-electron chi connectivity index (χ2n) is 6.12. The van der Waals surface area contributed by atoms with Gasteiger partial charge in [-0.15, -0.1) is 0 Å². The lowest BCUT2D eigenvalue weighted by Gasteiger charge is -2.36. The monoisotopic (exact) mass is 246 g/mol. The molecule has 0 saturated heterocycles. The van der Waals surface area contributed by atoms with Crippen LogP contribution in [-0.4, -0.2) is 11.1 Å². The molecule has 2 heteroatoms. The fourth-order valence-corrected chi connectivity index (χ4v) is 3.68. The Labute approximate surface area is 111 Å². The third-order valence-electron chi connectivity index (χ3n) is 4.85. The van der Waals surface area contributed by atoms with Gasteiger partial charge in [0.2, 0.25) is 0 Å². The summed E-state index contributed by atoms with van der Waals surface area (Å²) < 4.78 is 0. The van der Waals surface area contributed by atoms with E-state index in [1.54, 1.807) is 0 Å². The molecule has 3 rings (SSSR count). The van der Waals surface area contributed by atoms with Crippen molar-refractivity contribution >= 4 is 0 Å². The van der Waals surface area contributed by atoms with Crippen LogP contribution in [0.1, 0.15) is 64.2 Å². The Bertz CT molecular complexity index is 320. The molecule has 1 heterocycles. The molecular formula is C16H26N2. The molecule has 2 saturated carbocycles. The third kappa shape index (κ3) is 2.73. The highest BCUT2D eigenvalue weighted by molar-refractivity contribution is 5.23. The van der Waals surface area contributed by atoms with Crippen LogP contribution in [0.5, 0.6) is 0 Å². The van der Waals surface area contributed by atoms with Crippen LogP contribution in [0, 0.1) is 5.92 Å². The summed E-state index contributed by atoms with van der Waals surface area (Å²) in [6, 6.07) is 0.721. The van der Waals surface area contributed by atoms with E-state index in [-0.39, 0.29) is 0 Å². The van der Waals surface area contributed by atoms with Crippen LogP contribution in [-0.2, 0) is 0 Å². The summed E-state index contributed by atoms with van der Waals surface area (Å²) in [5.74, 6) is 0.816. The molecule has 0 aromatic heterocycles. The maximum absolute atomic E-state index is 3.52. The fraction of sp³-hybridized carbons (Fsp3) is 0.750. The molecule has 0 atom stereocenters. The number of allylic oxidation sites excluding steroid dienone is 2. The molecule has 0 spiro atoms. The quantitative estimate of drug-likeness (QED) is 0.788. The molecule has 0 bridgehead atoms. The van der Waals surface area contributed by atoms with E-state index in [0.29, 0.717) is 0 Å². The van der Waals surface area contributed by atoms with E-state index < -0.39 is 0 Å². The van der Waals surface area contributed by atoms with E-state index in [2.05, 4.69) is 28.9 Å². The number of hydrogen-bond acceptors (Lipinski definition) is 2. The van der Waals surface area contributed by atoms with Crippen LogP contribution in [0.2, 0.25) is 0 Å². The van der Waals surface area contributed by atoms with Gasteiger partial charge in [-0.2, -0.15) is 0 Å². The minimum absolute atomic E-state index is 0.721. The van der Waals surface area contributed by atoms with Crippen molar-refractivity contribution in [2.75, 3.05) is 0 Å². The number of hydrazine groups is 1. The van der Waals surface area contributed by atoms with Gasteiger partial charge in [-0.25, -0.2) is 0 Å². The lowest BCUT2D eigenvalue weighted by Crippen LogP contribution is -2.41. The van der Waals surface area contributed by atoms with Crippen molar-refractivity contribution in [3.05, 3.63) is 24.0 Å². The summed E-state index contributed by atoms with van der Waals surface area (Å²) in [5.41, 5.74) is 5.05. The summed E-state index contributed by atoms with van der Waals surface area (Å²) >= 11 is 0. The van der Waals surface area contributed by atoms with Crippen molar-refractivity contribution < 1.29 is 0 Å². The van der Waals surface area contributed by atoms with Gasteiger partial charge in [0, 0.05) is 18.4 Å². The largest absolute Gasteiger partial charge is 0.306 e. The SMILES string of the molecule is C1=CN(C2CCCCC2)NC=C1C1CCCCC1. The Morgan fingerprint density at radius 2 is 1.56 bits per heavy atom.